The molecule has 0 aliphatic heterocycles. The molecule has 1 saturated carbocycles. The first-order chi connectivity index (χ1) is 7.70. The molecular weight excluding hydrogens is 198 g/mol. The van der Waals surface area contributed by atoms with Gasteiger partial charge in [0.05, 0.1) is 7.11 Å². The highest BCUT2D eigenvalue weighted by molar-refractivity contribution is 5.41. The van der Waals surface area contributed by atoms with Crippen molar-refractivity contribution in [3.05, 3.63) is 28.8 Å². The summed E-state index contributed by atoms with van der Waals surface area (Å²) in [5.41, 5.74) is 3.93. The summed E-state index contributed by atoms with van der Waals surface area (Å²) in [6.45, 7) is 5.24. The normalized spacial score (nSPS) is 15.9. The molecule has 0 radical (unpaired) electrons. The maximum absolute atomic E-state index is 5.32. The van der Waals surface area contributed by atoms with E-state index in [-0.39, 0.29) is 0 Å². The largest absolute Gasteiger partial charge is 0.496 e. The minimum absolute atomic E-state index is 0.752. The van der Waals surface area contributed by atoms with Crippen molar-refractivity contribution in [3.63, 3.8) is 0 Å². The fourth-order valence-corrected chi connectivity index (χ4v) is 2.13. The van der Waals surface area contributed by atoms with Crippen LogP contribution in [0, 0.1) is 13.8 Å². The molecule has 0 aromatic heterocycles. The molecule has 0 atom stereocenters. The first-order valence-electron chi connectivity index (χ1n) is 6.08. The first kappa shape index (κ1) is 11.5. The van der Waals surface area contributed by atoms with Gasteiger partial charge in [-0.2, -0.15) is 0 Å². The van der Waals surface area contributed by atoms with Gasteiger partial charge in [0, 0.05) is 12.6 Å². The Balaban J connectivity index is 2.04. The van der Waals surface area contributed by atoms with Crippen molar-refractivity contribution < 1.29 is 4.74 Å². The van der Waals surface area contributed by atoms with Gasteiger partial charge in [-0.15, -0.1) is 0 Å². The molecule has 88 valence electrons. The summed E-state index contributed by atoms with van der Waals surface area (Å²) in [6.07, 6.45) is 4.07. The summed E-state index contributed by atoms with van der Waals surface area (Å²) in [7, 11) is 1.73. The van der Waals surface area contributed by atoms with E-state index in [9.17, 15) is 0 Å². The summed E-state index contributed by atoms with van der Waals surface area (Å²) in [5.74, 6) is 0.991. The number of nitrogens with one attached hydrogen (secondary N) is 1. The number of benzene rings is 1. The fraction of sp³-hybridized carbons (Fsp3) is 0.571. The number of rotatable bonds is 4. The Morgan fingerprint density at radius 2 is 2.00 bits per heavy atom. The molecule has 1 aromatic rings. The maximum atomic E-state index is 5.32. The quantitative estimate of drug-likeness (QED) is 0.840. The summed E-state index contributed by atoms with van der Waals surface area (Å²) >= 11 is 0. The lowest BCUT2D eigenvalue weighted by Gasteiger charge is -2.27. The van der Waals surface area contributed by atoms with E-state index in [1.807, 2.05) is 0 Å². The number of methoxy groups -OCH3 is 1. The van der Waals surface area contributed by atoms with E-state index < -0.39 is 0 Å². The molecule has 0 unspecified atom stereocenters. The zero-order valence-corrected chi connectivity index (χ0v) is 10.5. The van der Waals surface area contributed by atoms with Crippen LogP contribution in [0.25, 0.3) is 0 Å². The van der Waals surface area contributed by atoms with Gasteiger partial charge >= 0.3 is 0 Å². The van der Waals surface area contributed by atoms with E-state index in [1.165, 1.54) is 36.0 Å². The summed E-state index contributed by atoms with van der Waals surface area (Å²) in [6, 6.07) is 5.12. The van der Waals surface area contributed by atoms with Crippen molar-refractivity contribution >= 4 is 0 Å². The Bertz CT molecular complexity index is 369. The van der Waals surface area contributed by atoms with Crippen LogP contribution in [-0.4, -0.2) is 13.2 Å². The van der Waals surface area contributed by atoms with E-state index in [0.29, 0.717) is 0 Å². The monoisotopic (exact) mass is 219 g/mol. The Kier molecular flexibility index (Phi) is 3.49. The molecule has 0 bridgehead atoms. The smallest absolute Gasteiger partial charge is 0.122 e. The van der Waals surface area contributed by atoms with E-state index in [4.69, 9.17) is 4.74 Å². The predicted octanol–water partition coefficient (Wildman–Crippen LogP) is 2.95. The topological polar surface area (TPSA) is 21.3 Å². The van der Waals surface area contributed by atoms with Crippen LogP contribution in [0.1, 0.15) is 36.0 Å². The minimum Gasteiger partial charge on any atom is -0.496 e. The van der Waals surface area contributed by atoms with Gasteiger partial charge in [0.15, 0.2) is 0 Å². The van der Waals surface area contributed by atoms with Crippen LogP contribution in [0.3, 0.4) is 0 Å². The highest BCUT2D eigenvalue weighted by atomic mass is 16.5. The lowest BCUT2D eigenvalue weighted by atomic mass is 9.92. The van der Waals surface area contributed by atoms with Crippen molar-refractivity contribution in [2.45, 2.75) is 45.7 Å². The van der Waals surface area contributed by atoms with Gasteiger partial charge in [0.2, 0.25) is 0 Å². The number of hydrogen-bond donors (Lipinski definition) is 1. The molecular formula is C14H21NO. The molecule has 1 aromatic carbocycles. The van der Waals surface area contributed by atoms with Crippen LogP contribution in [0.4, 0.5) is 0 Å². The molecule has 16 heavy (non-hydrogen) atoms. The number of hydrogen-bond acceptors (Lipinski definition) is 2. The van der Waals surface area contributed by atoms with Crippen LogP contribution in [-0.2, 0) is 6.54 Å². The second-order valence-electron chi connectivity index (χ2n) is 4.76. The van der Waals surface area contributed by atoms with Crippen molar-refractivity contribution in [1.29, 1.82) is 0 Å². The third-order valence-electron chi connectivity index (χ3n) is 3.54. The molecule has 0 heterocycles. The number of aryl methyl sites for hydroxylation is 2. The highest BCUT2D eigenvalue weighted by Gasteiger charge is 2.16. The van der Waals surface area contributed by atoms with Crippen LogP contribution < -0.4 is 10.1 Å². The number of ether oxygens (including phenoxy) is 1. The van der Waals surface area contributed by atoms with Gasteiger partial charge in [0.1, 0.15) is 5.75 Å². The van der Waals surface area contributed by atoms with Crippen LogP contribution >= 0.6 is 0 Å². The fourth-order valence-electron chi connectivity index (χ4n) is 2.13. The summed E-state index contributed by atoms with van der Waals surface area (Å²) in [4.78, 5) is 0. The van der Waals surface area contributed by atoms with Crippen molar-refractivity contribution in [2.75, 3.05) is 7.11 Å². The molecule has 2 nitrogen and oxygen atoms in total. The predicted molar refractivity (Wildman–Crippen MR) is 66.9 cm³/mol. The van der Waals surface area contributed by atoms with E-state index >= 15 is 0 Å². The van der Waals surface area contributed by atoms with Gasteiger partial charge in [-0.25, -0.2) is 0 Å². The Hall–Kier alpha value is -1.02. The van der Waals surface area contributed by atoms with E-state index in [1.54, 1.807) is 7.11 Å². The van der Waals surface area contributed by atoms with Gasteiger partial charge in [-0.1, -0.05) is 12.5 Å². The maximum Gasteiger partial charge on any atom is 0.122 e. The molecule has 1 aliphatic rings. The average molecular weight is 219 g/mol. The molecule has 0 saturated heterocycles. The molecule has 2 heteroatoms. The van der Waals surface area contributed by atoms with Gasteiger partial charge in [0.25, 0.3) is 0 Å². The average Bonchev–Trinajstić information content (AvgIpc) is 2.20. The minimum atomic E-state index is 0.752. The second kappa shape index (κ2) is 4.88. The SMILES string of the molecule is COc1cc(C)c(CNC2CCC2)cc1C. The molecule has 0 amide bonds. The molecule has 1 aliphatic carbocycles. The third kappa shape index (κ3) is 2.38. The Morgan fingerprint density at radius 3 is 2.56 bits per heavy atom. The zero-order chi connectivity index (χ0) is 11.5. The highest BCUT2D eigenvalue weighted by Crippen LogP contribution is 2.23. The van der Waals surface area contributed by atoms with Crippen LogP contribution in [0.15, 0.2) is 12.1 Å². The van der Waals surface area contributed by atoms with E-state index in [2.05, 4.69) is 31.3 Å². The van der Waals surface area contributed by atoms with Gasteiger partial charge in [-0.3, -0.25) is 0 Å². The molecule has 0 spiro atoms. The van der Waals surface area contributed by atoms with Crippen molar-refractivity contribution in [1.82, 2.24) is 5.32 Å². The summed E-state index contributed by atoms with van der Waals surface area (Å²) < 4.78 is 5.32. The Labute approximate surface area is 98.0 Å². The standard InChI is InChI=1S/C14H21NO/c1-10-8-14(16-3)11(2)7-12(10)9-15-13-5-4-6-13/h7-8,13,15H,4-6,9H2,1-3H3. The van der Waals surface area contributed by atoms with Gasteiger partial charge in [-0.05, 0) is 49.4 Å². The Morgan fingerprint density at radius 1 is 1.25 bits per heavy atom. The van der Waals surface area contributed by atoms with Crippen LogP contribution in [0.5, 0.6) is 5.75 Å². The van der Waals surface area contributed by atoms with E-state index in [0.717, 1.165) is 18.3 Å². The lowest BCUT2D eigenvalue weighted by Crippen LogP contribution is -2.34. The summed E-state index contributed by atoms with van der Waals surface area (Å²) in [5, 5.41) is 3.60. The van der Waals surface area contributed by atoms with Crippen molar-refractivity contribution in [3.8, 4) is 5.75 Å². The first-order valence-corrected chi connectivity index (χ1v) is 6.08. The lowest BCUT2D eigenvalue weighted by molar-refractivity contribution is 0.338. The van der Waals surface area contributed by atoms with Crippen LogP contribution in [0.2, 0.25) is 0 Å². The molecule has 1 fully saturated rings. The molecule has 1 N–H and O–H groups in total. The molecule has 2 rings (SSSR count). The second-order valence-corrected chi connectivity index (χ2v) is 4.76. The van der Waals surface area contributed by atoms with Crippen molar-refractivity contribution in [2.24, 2.45) is 0 Å². The third-order valence-corrected chi connectivity index (χ3v) is 3.54. The zero-order valence-electron chi connectivity index (χ0n) is 10.5. The van der Waals surface area contributed by atoms with Gasteiger partial charge < -0.3 is 10.1 Å².